The minimum absolute atomic E-state index is 0.0347. The van der Waals surface area contributed by atoms with E-state index in [2.05, 4.69) is 10.2 Å². The summed E-state index contributed by atoms with van der Waals surface area (Å²) in [4.78, 5) is 58.4. The second-order valence-electron chi connectivity index (χ2n) is 13.8. The van der Waals surface area contributed by atoms with Crippen LogP contribution in [0.4, 0.5) is 5.69 Å². The van der Waals surface area contributed by atoms with Crippen LogP contribution in [0, 0.1) is 29.4 Å². The fourth-order valence-electron chi connectivity index (χ4n) is 7.79. The molecule has 1 heterocycles. The van der Waals surface area contributed by atoms with Gasteiger partial charge in [0, 0.05) is 25.4 Å². The van der Waals surface area contributed by atoms with Crippen LogP contribution in [0.5, 0.6) is 5.75 Å². The van der Waals surface area contributed by atoms with Gasteiger partial charge in [-0.25, -0.2) is 0 Å². The third-order valence-corrected chi connectivity index (χ3v) is 10.3. The number of hydrogen-bond acceptors (Lipinski definition) is 7. The van der Waals surface area contributed by atoms with Crippen molar-refractivity contribution in [2.45, 2.75) is 77.7 Å². The standard InChI is InChI=1S/C40H43N3O7/c1-27-21-28(2)38(35(22-27)39(46)42-19-17-40(18-20-42)15-5-6-16-40)41-36(44)24-31(34-14-8-11-30-10-3-4-13-33(30)34)25-37(45)50-32-12-7-9-29(23-32)26-49-43(47)48/h3-4,7-14,21-23,31H,5-6,15-20,24-26H2,1-2H3,(H,41,44)/t31-/m1/s1. The number of nitrogens with zero attached hydrogens (tertiary/aromatic N) is 2. The number of esters is 1. The molecule has 10 nitrogen and oxygen atoms in total. The number of hydrogen-bond donors (Lipinski definition) is 1. The van der Waals surface area contributed by atoms with Crippen LogP contribution >= 0.6 is 0 Å². The van der Waals surface area contributed by atoms with E-state index >= 15 is 0 Å². The average molecular weight is 678 g/mol. The van der Waals surface area contributed by atoms with Gasteiger partial charge in [0.05, 0.1) is 17.7 Å². The molecule has 0 bridgehead atoms. The highest BCUT2D eigenvalue weighted by Gasteiger charge is 2.38. The number of aryl methyl sites for hydroxylation is 2. The van der Waals surface area contributed by atoms with E-state index < -0.39 is 17.0 Å². The zero-order valence-corrected chi connectivity index (χ0v) is 28.6. The molecule has 1 aliphatic heterocycles. The molecule has 50 heavy (non-hydrogen) atoms. The quantitative estimate of drug-likeness (QED) is 0.0736. The lowest BCUT2D eigenvalue weighted by molar-refractivity contribution is -0.763. The maximum absolute atomic E-state index is 14.0. The lowest BCUT2D eigenvalue weighted by Gasteiger charge is -2.39. The lowest BCUT2D eigenvalue weighted by atomic mass is 9.77. The first-order chi connectivity index (χ1) is 24.1. The second kappa shape index (κ2) is 15.1. The molecule has 1 spiro atoms. The van der Waals surface area contributed by atoms with Gasteiger partial charge >= 0.3 is 5.97 Å². The molecule has 6 rings (SSSR count). The number of piperidine rings is 1. The van der Waals surface area contributed by atoms with Crippen molar-refractivity contribution in [3.63, 3.8) is 0 Å². The number of likely N-dealkylation sites (tertiary alicyclic amines) is 1. The number of carbonyl (C=O) groups is 3. The second-order valence-corrected chi connectivity index (χ2v) is 13.8. The Morgan fingerprint density at radius 2 is 1.62 bits per heavy atom. The monoisotopic (exact) mass is 677 g/mol. The van der Waals surface area contributed by atoms with Crippen LogP contribution < -0.4 is 10.1 Å². The molecule has 1 aliphatic carbocycles. The SMILES string of the molecule is Cc1cc(C)c(NC(=O)C[C@H](CC(=O)Oc2cccc(CO[N+](=O)[O-])c2)c2cccc3ccccc23)c(C(=O)N2CCC3(CCCC3)CC2)c1. The van der Waals surface area contributed by atoms with Gasteiger partial charge in [0.15, 0.2) is 0 Å². The Kier molecular flexibility index (Phi) is 10.5. The summed E-state index contributed by atoms with van der Waals surface area (Å²) in [5, 5.41) is 14.7. The zero-order valence-electron chi connectivity index (χ0n) is 28.6. The van der Waals surface area contributed by atoms with Crippen LogP contribution in [0.15, 0.2) is 78.9 Å². The van der Waals surface area contributed by atoms with Gasteiger partial charge in [-0.1, -0.05) is 73.5 Å². The predicted molar refractivity (Wildman–Crippen MR) is 190 cm³/mol. The number of rotatable bonds is 11. The number of nitrogens with one attached hydrogen (secondary N) is 1. The fourth-order valence-corrected chi connectivity index (χ4v) is 7.79. The summed E-state index contributed by atoms with van der Waals surface area (Å²) in [5.74, 6) is -1.28. The molecule has 1 N–H and O–H groups in total. The van der Waals surface area contributed by atoms with Crippen LogP contribution in [-0.4, -0.2) is 40.9 Å². The van der Waals surface area contributed by atoms with Gasteiger partial charge in [0.2, 0.25) is 5.91 Å². The van der Waals surface area contributed by atoms with Gasteiger partial charge in [0.1, 0.15) is 12.4 Å². The van der Waals surface area contributed by atoms with Crippen LogP contribution in [0.3, 0.4) is 0 Å². The average Bonchev–Trinajstić information content (AvgIpc) is 3.55. The maximum atomic E-state index is 14.0. The van der Waals surface area contributed by atoms with E-state index in [4.69, 9.17) is 4.74 Å². The van der Waals surface area contributed by atoms with Crippen molar-refractivity contribution in [3.05, 3.63) is 117 Å². The molecule has 4 aromatic rings. The minimum Gasteiger partial charge on any atom is -0.427 e. The first-order valence-electron chi connectivity index (χ1n) is 17.3. The van der Waals surface area contributed by atoms with Crippen LogP contribution in [0.2, 0.25) is 0 Å². The Balaban J connectivity index is 1.22. The van der Waals surface area contributed by atoms with E-state index in [0.717, 1.165) is 53.4 Å². The van der Waals surface area contributed by atoms with Crippen LogP contribution in [-0.2, 0) is 21.0 Å². The van der Waals surface area contributed by atoms with Crippen molar-refractivity contribution in [3.8, 4) is 5.75 Å². The molecule has 10 heteroatoms. The van der Waals surface area contributed by atoms with E-state index in [1.54, 1.807) is 18.2 Å². The Hall–Kier alpha value is -5.25. The molecule has 2 amide bonds. The highest BCUT2D eigenvalue weighted by Crippen LogP contribution is 2.46. The topological polar surface area (TPSA) is 128 Å². The Labute approximate surface area is 291 Å². The van der Waals surface area contributed by atoms with E-state index in [1.165, 1.54) is 31.7 Å². The van der Waals surface area contributed by atoms with Crippen molar-refractivity contribution >= 4 is 34.2 Å². The number of ether oxygens (including phenoxy) is 1. The highest BCUT2D eigenvalue weighted by atomic mass is 16.9. The lowest BCUT2D eigenvalue weighted by Crippen LogP contribution is -2.42. The number of amides is 2. The Bertz CT molecular complexity index is 1900. The fraction of sp³-hybridized carbons (Fsp3) is 0.375. The molecule has 2 aliphatic rings. The van der Waals surface area contributed by atoms with Crippen molar-refractivity contribution in [2.75, 3.05) is 18.4 Å². The molecule has 1 atom stereocenters. The summed E-state index contributed by atoms with van der Waals surface area (Å²) in [5.41, 5.74) is 4.40. The summed E-state index contributed by atoms with van der Waals surface area (Å²) in [7, 11) is 0. The summed E-state index contributed by atoms with van der Waals surface area (Å²) >= 11 is 0. The minimum atomic E-state index is -0.881. The van der Waals surface area contributed by atoms with Crippen LogP contribution in [0.1, 0.15) is 89.9 Å². The molecule has 4 aromatic carbocycles. The number of anilines is 1. The summed E-state index contributed by atoms with van der Waals surface area (Å²) in [6.07, 6.45) is 6.93. The van der Waals surface area contributed by atoms with Gasteiger partial charge in [0.25, 0.3) is 11.0 Å². The molecule has 0 radical (unpaired) electrons. The zero-order chi connectivity index (χ0) is 35.3. The van der Waals surface area contributed by atoms with Gasteiger partial charge in [-0.15, -0.1) is 10.1 Å². The van der Waals surface area contributed by atoms with E-state index in [9.17, 15) is 24.5 Å². The van der Waals surface area contributed by atoms with Crippen LogP contribution in [0.25, 0.3) is 10.8 Å². The molecule has 0 unspecified atom stereocenters. The highest BCUT2D eigenvalue weighted by molar-refractivity contribution is 6.05. The predicted octanol–water partition coefficient (Wildman–Crippen LogP) is 8.07. The van der Waals surface area contributed by atoms with E-state index in [1.807, 2.05) is 73.3 Å². The first-order valence-corrected chi connectivity index (χ1v) is 17.3. The Morgan fingerprint density at radius 3 is 2.38 bits per heavy atom. The summed E-state index contributed by atoms with van der Waals surface area (Å²) in [6.45, 7) is 5.00. The molecule has 260 valence electrons. The number of carbonyl (C=O) groups excluding carboxylic acids is 3. The van der Waals surface area contributed by atoms with Crippen molar-refractivity contribution in [2.24, 2.45) is 5.41 Å². The molecular formula is C40H43N3O7. The molecule has 2 fully saturated rings. The van der Waals surface area contributed by atoms with E-state index in [0.29, 0.717) is 22.2 Å². The number of fused-ring (bicyclic) bond motifs is 1. The molecule has 1 saturated heterocycles. The van der Waals surface area contributed by atoms with Crippen molar-refractivity contribution < 1.29 is 29.0 Å². The van der Waals surface area contributed by atoms with E-state index in [-0.39, 0.29) is 37.0 Å². The third kappa shape index (κ3) is 8.13. The largest absolute Gasteiger partial charge is 0.427 e. The van der Waals surface area contributed by atoms with Gasteiger partial charge in [-0.3, -0.25) is 14.4 Å². The molecule has 0 aromatic heterocycles. The van der Waals surface area contributed by atoms with Gasteiger partial charge < -0.3 is 19.8 Å². The normalized spacial score (nSPS) is 15.8. The van der Waals surface area contributed by atoms with Crippen molar-refractivity contribution in [1.82, 2.24) is 4.90 Å². The summed E-state index contributed by atoms with van der Waals surface area (Å²) < 4.78 is 5.66. The summed E-state index contributed by atoms with van der Waals surface area (Å²) in [6, 6.07) is 23.8. The van der Waals surface area contributed by atoms with Crippen molar-refractivity contribution in [1.29, 1.82) is 0 Å². The first kappa shape index (κ1) is 34.6. The van der Waals surface area contributed by atoms with Gasteiger partial charge in [-0.05, 0) is 96.2 Å². The number of benzene rings is 4. The third-order valence-electron chi connectivity index (χ3n) is 10.3. The molecular weight excluding hydrogens is 634 g/mol. The van der Waals surface area contributed by atoms with Gasteiger partial charge in [-0.2, -0.15) is 0 Å². The molecule has 1 saturated carbocycles. The Morgan fingerprint density at radius 1 is 0.900 bits per heavy atom. The smallest absolute Gasteiger partial charge is 0.311 e. The maximum Gasteiger partial charge on any atom is 0.311 e.